The Morgan fingerprint density at radius 3 is 2.54 bits per heavy atom. The maximum absolute atomic E-state index is 11.6. The van der Waals surface area contributed by atoms with Crippen LogP contribution >= 0.6 is 0 Å². The number of aryl methyl sites for hydroxylation is 1. The van der Waals surface area contributed by atoms with E-state index in [2.05, 4.69) is 10.9 Å². The molecule has 0 fully saturated rings. The van der Waals surface area contributed by atoms with Gasteiger partial charge in [-0.2, -0.15) is 0 Å². The van der Waals surface area contributed by atoms with Crippen molar-refractivity contribution in [3.63, 3.8) is 0 Å². The first-order valence-electron chi connectivity index (χ1n) is 7.76. The van der Waals surface area contributed by atoms with E-state index in [1.807, 2.05) is 13.0 Å². The van der Waals surface area contributed by atoms with Crippen LogP contribution in [0, 0.1) is 6.92 Å². The van der Waals surface area contributed by atoms with Crippen LogP contribution in [0.5, 0.6) is 5.75 Å². The molecule has 1 amide bonds. The number of hydrogen-bond acceptors (Lipinski definition) is 6. The van der Waals surface area contributed by atoms with Gasteiger partial charge in [-0.3, -0.25) is 5.43 Å². The van der Waals surface area contributed by atoms with Gasteiger partial charge in [0.15, 0.2) is 0 Å². The third-order valence-corrected chi connectivity index (χ3v) is 2.92. The Morgan fingerprint density at radius 1 is 1.21 bits per heavy atom. The molecule has 0 atom stereocenters. The second-order valence-electron chi connectivity index (χ2n) is 6.22. The van der Waals surface area contributed by atoms with Crippen LogP contribution in [0.15, 0.2) is 18.2 Å². The molecule has 0 aliphatic rings. The first kappa shape index (κ1) is 19.8. The van der Waals surface area contributed by atoms with Gasteiger partial charge in [0.25, 0.3) is 0 Å². The summed E-state index contributed by atoms with van der Waals surface area (Å²) in [5.41, 5.74) is 6.00. The summed E-state index contributed by atoms with van der Waals surface area (Å²) in [5.74, 6) is 0.210. The van der Waals surface area contributed by atoms with Crippen molar-refractivity contribution in [2.45, 2.75) is 39.7 Å². The zero-order valence-electron chi connectivity index (χ0n) is 14.9. The molecular formula is C17H26N2O5. The molecule has 0 unspecified atom stereocenters. The molecule has 0 bridgehead atoms. The van der Waals surface area contributed by atoms with Crippen molar-refractivity contribution in [3.8, 4) is 5.75 Å². The number of benzene rings is 1. The molecule has 7 nitrogen and oxygen atoms in total. The van der Waals surface area contributed by atoms with Gasteiger partial charge in [-0.1, -0.05) is 6.07 Å². The highest BCUT2D eigenvalue weighted by atomic mass is 16.6. The van der Waals surface area contributed by atoms with Crippen LogP contribution in [-0.4, -0.2) is 37.9 Å². The van der Waals surface area contributed by atoms with Crippen LogP contribution in [-0.2, 0) is 9.47 Å². The van der Waals surface area contributed by atoms with Gasteiger partial charge >= 0.3 is 12.1 Å². The zero-order chi connectivity index (χ0) is 18.2. The highest BCUT2D eigenvalue weighted by Crippen LogP contribution is 2.18. The number of hydrazine groups is 1. The van der Waals surface area contributed by atoms with E-state index in [-0.39, 0.29) is 5.97 Å². The molecule has 0 radical (unpaired) electrons. The number of hydrogen-bond donors (Lipinski definition) is 2. The minimum absolute atomic E-state index is 0.388. The smallest absolute Gasteiger partial charge is 0.422 e. The van der Waals surface area contributed by atoms with Crippen molar-refractivity contribution in [1.82, 2.24) is 10.9 Å². The average Bonchev–Trinajstić information content (AvgIpc) is 2.49. The molecule has 0 heterocycles. The number of carbonyl (C=O) groups is 2. The standard InChI is InChI=1S/C17H26N2O5/c1-12-7-8-13(11-14(12)15(20)22-5)23-10-6-9-18-19-16(21)24-17(2,3)4/h7-8,11,18H,6,9-10H2,1-5H3,(H,19,21). The molecule has 2 N–H and O–H groups in total. The summed E-state index contributed by atoms with van der Waals surface area (Å²) < 4.78 is 15.4. The Bertz CT molecular complexity index is 567. The second kappa shape index (κ2) is 9.12. The summed E-state index contributed by atoms with van der Waals surface area (Å²) in [6, 6.07) is 5.27. The van der Waals surface area contributed by atoms with Crippen molar-refractivity contribution < 1.29 is 23.8 Å². The molecule has 1 rings (SSSR count). The third-order valence-electron chi connectivity index (χ3n) is 2.92. The highest BCUT2D eigenvalue weighted by Gasteiger charge is 2.15. The lowest BCUT2D eigenvalue weighted by Gasteiger charge is -2.19. The topological polar surface area (TPSA) is 85.9 Å². The Labute approximate surface area is 142 Å². The maximum Gasteiger partial charge on any atom is 0.422 e. The predicted octanol–water partition coefficient (Wildman–Crippen LogP) is 2.58. The normalized spacial score (nSPS) is 10.9. The first-order chi connectivity index (χ1) is 11.2. The van der Waals surface area contributed by atoms with Gasteiger partial charge in [0.2, 0.25) is 0 Å². The second-order valence-corrected chi connectivity index (χ2v) is 6.22. The molecule has 0 aliphatic heterocycles. The van der Waals surface area contributed by atoms with Crippen molar-refractivity contribution >= 4 is 12.1 Å². The van der Waals surface area contributed by atoms with Crippen LogP contribution in [0.2, 0.25) is 0 Å². The van der Waals surface area contributed by atoms with Gasteiger partial charge in [-0.05, 0) is 51.8 Å². The fraction of sp³-hybridized carbons (Fsp3) is 0.529. The molecule has 1 aromatic rings. The number of esters is 1. The summed E-state index contributed by atoms with van der Waals surface area (Å²) >= 11 is 0. The number of nitrogens with one attached hydrogen (secondary N) is 2. The predicted molar refractivity (Wildman–Crippen MR) is 90.0 cm³/mol. The van der Waals surface area contributed by atoms with E-state index in [0.717, 1.165) is 5.56 Å². The Balaban J connectivity index is 2.29. The number of amides is 1. The van der Waals surface area contributed by atoms with E-state index >= 15 is 0 Å². The quantitative estimate of drug-likeness (QED) is 0.451. The number of carbonyl (C=O) groups excluding carboxylic acids is 2. The zero-order valence-corrected chi connectivity index (χ0v) is 14.9. The first-order valence-corrected chi connectivity index (χ1v) is 7.76. The highest BCUT2D eigenvalue weighted by molar-refractivity contribution is 5.91. The van der Waals surface area contributed by atoms with Crippen molar-refractivity contribution in [2.24, 2.45) is 0 Å². The van der Waals surface area contributed by atoms with Gasteiger partial charge in [0, 0.05) is 6.54 Å². The number of ether oxygens (including phenoxy) is 3. The lowest BCUT2D eigenvalue weighted by Crippen LogP contribution is -2.41. The Hall–Kier alpha value is -2.28. The third kappa shape index (κ3) is 7.32. The summed E-state index contributed by atoms with van der Waals surface area (Å²) in [5, 5.41) is 0. The van der Waals surface area contributed by atoms with Crippen molar-refractivity contribution in [2.75, 3.05) is 20.3 Å². The van der Waals surface area contributed by atoms with Crippen LogP contribution in [0.25, 0.3) is 0 Å². The molecule has 0 saturated heterocycles. The van der Waals surface area contributed by atoms with Crippen LogP contribution < -0.4 is 15.6 Å². The minimum atomic E-state index is -0.530. The summed E-state index contributed by atoms with van der Waals surface area (Å²) in [6.07, 6.45) is 0.140. The van der Waals surface area contributed by atoms with E-state index in [9.17, 15) is 9.59 Å². The van der Waals surface area contributed by atoms with Crippen LogP contribution in [0.3, 0.4) is 0 Å². The van der Waals surface area contributed by atoms with Crippen molar-refractivity contribution in [1.29, 1.82) is 0 Å². The molecule has 0 aromatic heterocycles. The van der Waals surface area contributed by atoms with Gasteiger partial charge in [0.1, 0.15) is 11.4 Å². The monoisotopic (exact) mass is 338 g/mol. The molecule has 134 valence electrons. The lowest BCUT2D eigenvalue weighted by atomic mass is 10.1. The maximum atomic E-state index is 11.6. The average molecular weight is 338 g/mol. The van der Waals surface area contributed by atoms with E-state index in [1.54, 1.807) is 32.9 Å². The van der Waals surface area contributed by atoms with E-state index in [1.165, 1.54) is 7.11 Å². The van der Waals surface area contributed by atoms with Crippen LogP contribution in [0.1, 0.15) is 43.1 Å². The molecule has 0 spiro atoms. The fourth-order valence-corrected chi connectivity index (χ4v) is 1.81. The largest absolute Gasteiger partial charge is 0.494 e. The molecule has 24 heavy (non-hydrogen) atoms. The fourth-order valence-electron chi connectivity index (χ4n) is 1.81. The summed E-state index contributed by atoms with van der Waals surface area (Å²) in [6.45, 7) is 8.18. The van der Waals surface area contributed by atoms with Gasteiger partial charge in [-0.25, -0.2) is 15.0 Å². The van der Waals surface area contributed by atoms with Gasteiger partial charge < -0.3 is 14.2 Å². The molecular weight excluding hydrogens is 312 g/mol. The lowest BCUT2D eigenvalue weighted by molar-refractivity contribution is 0.0496. The number of methoxy groups -OCH3 is 1. The Kier molecular flexibility index (Phi) is 7.51. The van der Waals surface area contributed by atoms with E-state index < -0.39 is 11.7 Å². The molecule has 1 aromatic carbocycles. The van der Waals surface area contributed by atoms with Gasteiger partial charge in [0.05, 0.1) is 19.3 Å². The Morgan fingerprint density at radius 2 is 1.92 bits per heavy atom. The van der Waals surface area contributed by atoms with Gasteiger partial charge in [-0.15, -0.1) is 0 Å². The summed E-state index contributed by atoms with van der Waals surface area (Å²) in [4.78, 5) is 23.0. The van der Waals surface area contributed by atoms with E-state index in [0.29, 0.717) is 30.9 Å². The molecule has 0 saturated carbocycles. The van der Waals surface area contributed by atoms with E-state index in [4.69, 9.17) is 14.2 Å². The minimum Gasteiger partial charge on any atom is -0.494 e. The molecule has 7 heteroatoms. The summed E-state index contributed by atoms with van der Waals surface area (Å²) in [7, 11) is 1.35. The number of rotatable bonds is 7. The van der Waals surface area contributed by atoms with Crippen molar-refractivity contribution in [3.05, 3.63) is 29.3 Å². The SMILES string of the molecule is COC(=O)c1cc(OCCCNNC(=O)OC(C)(C)C)ccc1C. The molecule has 0 aliphatic carbocycles. The van der Waals surface area contributed by atoms with Crippen LogP contribution in [0.4, 0.5) is 4.79 Å².